The van der Waals surface area contributed by atoms with Gasteiger partial charge in [-0.2, -0.15) is 0 Å². The van der Waals surface area contributed by atoms with Crippen molar-refractivity contribution in [2.45, 2.75) is 19.8 Å². The van der Waals surface area contributed by atoms with Crippen molar-refractivity contribution in [2.24, 2.45) is 5.92 Å². The first-order chi connectivity index (χ1) is 7.70. The molecule has 1 saturated heterocycles. The van der Waals surface area contributed by atoms with Gasteiger partial charge in [0.1, 0.15) is 0 Å². The summed E-state index contributed by atoms with van der Waals surface area (Å²) in [6.45, 7) is 4.13. The molecule has 1 aromatic carbocycles. The molecule has 1 fully saturated rings. The number of hydrogen-bond acceptors (Lipinski definition) is 2. The summed E-state index contributed by atoms with van der Waals surface area (Å²) in [4.78, 5) is 0. The van der Waals surface area contributed by atoms with Crippen LogP contribution in [0.4, 0.5) is 4.39 Å². The third-order valence-corrected chi connectivity index (χ3v) is 3.28. The van der Waals surface area contributed by atoms with Crippen molar-refractivity contribution in [3.8, 4) is 5.75 Å². The molecular formula is C13H18FNO. The molecule has 0 radical (unpaired) electrons. The van der Waals surface area contributed by atoms with E-state index in [0.717, 1.165) is 25.1 Å². The first kappa shape index (κ1) is 11.4. The van der Waals surface area contributed by atoms with E-state index >= 15 is 0 Å². The molecular weight excluding hydrogens is 205 g/mol. The van der Waals surface area contributed by atoms with Gasteiger partial charge in [0.25, 0.3) is 0 Å². The van der Waals surface area contributed by atoms with E-state index in [9.17, 15) is 4.39 Å². The maximum absolute atomic E-state index is 13.4. The Hall–Kier alpha value is -1.09. The summed E-state index contributed by atoms with van der Waals surface area (Å²) in [7, 11) is 1.51. The normalized spacial score (nSPS) is 20.1. The highest BCUT2D eigenvalue weighted by Crippen LogP contribution is 2.25. The summed E-state index contributed by atoms with van der Waals surface area (Å²) >= 11 is 0. The van der Waals surface area contributed by atoms with Crippen LogP contribution in [0.15, 0.2) is 12.1 Å². The van der Waals surface area contributed by atoms with Gasteiger partial charge >= 0.3 is 0 Å². The predicted octanol–water partition coefficient (Wildman–Crippen LogP) is 2.29. The third kappa shape index (κ3) is 2.35. The summed E-state index contributed by atoms with van der Waals surface area (Å²) < 4.78 is 18.4. The quantitative estimate of drug-likeness (QED) is 0.849. The van der Waals surface area contributed by atoms with Crippen LogP contribution in [0, 0.1) is 18.7 Å². The van der Waals surface area contributed by atoms with E-state index in [2.05, 4.69) is 5.32 Å². The van der Waals surface area contributed by atoms with E-state index in [1.807, 2.05) is 13.0 Å². The average molecular weight is 223 g/mol. The van der Waals surface area contributed by atoms with Crippen molar-refractivity contribution in [2.75, 3.05) is 20.2 Å². The van der Waals surface area contributed by atoms with Crippen LogP contribution in [0.1, 0.15) is 17.5 Å². The molecule has 2 nitrogen and oxygen atoms in total. The summed E-state index contributed by atoms with van der Waals surface area (Å²) in [6.07, 6.45) is 2.22. The van der Waals surface area contributed by atoms with Crippen molar-refractivity contribution in [3.63, 3.8) is 0 Å². The SMILES string of the molecule is COc1cc(CC2CCNC2)c(C)cc1F. The van der Waals surface area contributed by atoms with Gasteiger partial charge < -0.3 is 10.1 Å². The van der Waals surface area contributed by atoms with Crippen molar-refractivity contribution < 1.29 is 9.13 Å². The van der Waals surface area contributed by atoms with Crippen LogP contribution in [0.5, 0.6) is 5.75 Å². The maximum Gasteiger partial charge on any atom is 0.165 e. The zero-order chi connectivity index (χ0) is 11.5. The van der Waals surface area contributed by atoms with Gasteiger partial charge in [-0.3, -0.25) is 0 Å². The Balaban J connectivity index is 2.18. The van der Waals surface area contributed by atoms with Gasteiger partial charge in [-0.1, -0.05) is 0 Å². The molecule has 1 atom stereocenters. The molecule has 0 aliphatic carbocycles. The molecule has 1 unspecified atom stereocenters. The first-order valence-electron chi connectivity index (χ1n) is 5.74. The van der Waals surface area contributed by atoms with E-state index in [4.69, 9.17) is 4.74 Å². The molecule has 0 aromatic heterocycles. The summed E-state index contributed by atoms with van der Waals surface area (Å²) in [6, 6.07) is 3.40. The Kier molecular flexibility index (Phi) is 3.44. The Morgan fingerprint density at radius 1 is 1.50 bits per heavy atom. The van der Waals surface area contributed by atoms with Gasteiger partial charge in [0.2, 0.25) is 0 Å². The number of aryl methyl sites for hydroxylation is 1. The van der Waals surface area contributed by atoms with Crippen molar-refractivity contribution in [1.82, 2.24) is 5.32 Å². The van der Waals surface area contributed by atoms with Crippen LogP contribution < -0.4 is 10.1 Å². The Morgan fingerprint density at radius 3 is 2.94 bits per heavy atom. The minimum atomic E-state index is -0.270. The van der Waals surface area contributed by atoms with Crippen LogP contribution in [-0.2, 0) is 6.42 Å². The highest BCUT2D eigenvalue weighted by atomic mass is 19.1. The van der Waals surface area contributed by atoms with Crippen LogP contribution in [0.2, 0.25) is 0 Å². The molecule has 0 saturated carbocycles. The number of ether oxygens (including phenoxy) is 1. The van der Waals surface area contributed by atoms with Crippen LogP contribution in [0.3, 0.4) is 0 Å². The zero-order valence-corrected chi connectivity index (χ0v) is 9.85. The zero-order valence-electron chi connectivity index (χ0n) is 9.85. The minimum absolute atomic E-state index is 0.270. The van der Waals surface area contributed by atoms with Crippen molar-refractivity contribution in [1.29, 1.82) is 0 Å². The monoisotopic (exact) mass is 223 g/mol. The Bertz CT molecular complexity index is 372. The Morgan fingerprint density at radius 2 is 2.31 bits per heavy atom. The van der Waals surface area contributed by atoms with Gasteiger partial charge in [-0.25, -0.2) is 4.39 Å². The number of rotatable bonds is 3. The fourth-order valence-corrected chi connectivity index (χ4v) is 2.27. The standard InChI is InChI=1S/C13H18FNO/c1-9-5-12(14)13(16-2)7-11(9)6-10-3-4-15-8-10/h5,7,10,15H,3-4,6,8H2,1-2H3. The predicted molar refractivity (Wildman–Crippen MR) is 62.4 cm³/mol. The lowest BCUT2D eigenvalue weighted by atomic mass is 9.95. The molecule has 0 spiro atoms. The average Bonchev–Trinajstić information content (AvgIpc) is 2.75. The van der Waals surface area contributed by atoms with E-state index in [1.54, 1.807) is 6.07 Å². The molecule has 2 rings (SSSR count). The van der Waals surface area contributed by atoms with Crippen LogP contribution in [-0.4, -0.2) is 20.2 Å². The highest BCUT2D eigenvalue weighted by molar-refractivity contribution is 5.36. The number of methoxy groups -OCH3 is 1. The summed E-state index contributed by atoms with van der Waals surface area (Å²) in [5.74, 6) is 0.758. The van der Waals surface area contributed by atoms with Gasteiger partial charge in [-0.15, -0.1) is 0 Å². The van der Waals surface area contributed by atoms with Gasteiger partial charge in [-0.05, 0) is 62.0 Å². The fraction of sp³-hybridized carbons (Fsp3) is 0.538. The second-order valence-electron chi connectivity index (χ2n) is 4.48. The largest absolute Gasteiger partial charge is 0.494 e. The third-order valence-electron chi connectivity index (χ3n) is 3.28. The fourth-order valence-electron chi connectivity index (χ4n) is 2.27. The molecule has 88 valence electrons. The van der Waals surface area contributed by atoms with Gasteiger partial charge in [0, 0.05) is 0 Å². The second-order valence-corrected chi connectivity index (χ2v) is 4.48. The lowest BCUT2D eigenvalue weighted by Gasteiger charge is -2.13. The minimum Gasteiger partial charge on any atom is -0.494 e. The molecule has 1 N–H and O–H groups in total. The topological polar surface area (TPSA) is 21.3 Å². The van der Waals surface area contributed by atoms with E-state index in [-0.39, 0.29) is 5.82 Å². The van der Waals surface area contributed by atoms with Crippen LogP contribution >= 0.6 is 0 Å². The second kappa shape index (κ2) is 4.83. The van der Waals surface area contributed by atoms with Crippen molar-refractivity contribution >= 4 is 0 Å². The highest BCUT2D eigenvalue weighted by Gasteiger charge is 2.17. The molecule has 0 amide bonds. The van der Waals surface area contributed by atoms with Gasteiger partial charge in [0.15, 0.2) is 11.6 Å². The van der Waals surface area contributed by atoms with E-state index in [0.29, 0.717) is 11.7 Å². The van der Waals surface area contributed by atoms with E-state index < -0.39 is 0 Å². The smallest absolute Gasteiger partial charge is 0.165 e. The van der Waals surface area contributed by atoms with Gasteiger partial charge in [0.05, 0.1) is 7.11 Å². The maximum atomic E-state index is 13.4. The molecule has 1 aliphatic rings. The molecule has 16 heavy (non-hydrogen) atoms. The molecule has 1 heterocycles. The summed E-state index contributed by atoms with van der Waals surface area (Å²) in [5.41, 5.74) is 2.22. The number of nitrogens with one attached hydrogen (secondary N) is 1. The van der Waals surface area contributed by atoms with Crippen LogP contribution in [0.25, 0.3) is 0 Å². The number of benzene rings is 1. The number of halogens is 1. The summed E-state index contributed by atoms with van der Waals surface area (Å²) in [5, 5.41) is 3.35. The number of hydrogen-bond donors (Lipinski definition) is 1. The van der Waals surface area contributed by atoms with Crippen molar-refractivity contribution in [3.05, 3.63) is 29.1 Å². The molecule has 3 heteroatoms. The lowest BCUT2D eigenvalue weighted by molar-refractivity contribution is 0.385. The Labute approximate surface area is 95.8 Å². The van der Waals surface area contributed by atoms with E-state index in [1.165, 1.54) is 19.1 Å². The molecule has 0 bridgehead atoms. The molecule has 1 aliphatic heterocycles. The molecule has 1 aromatic rings. The lowest BCUT2D eigenvalue weighted by Crippen LogP contribution is -2.11. The first-order valence-corrected chi connectivity index (χ1v) is 5.74.